The molecule has 0 amide bonds. The van der Waals surface area contributed by atoms with E-state index in [0.29, 0.717) is 10.0 Å². The van der Waals surface area contributed by atoms with Crippen LogP contribution in [0.3, 0.4) is 0 Å². The van der Waals surface area contributed by atoms with Gasteiger partial charge in [0.15, 0.2) is 0 Å². The highest BCUT2D eigenvalue weighted by Gasteiger charge is 1.97. The highest BCUT2D eigenvalue weighted by Crippen LogP contribution is 2.21. The second kappa shape index (κ2) is 2.74. The number of halogens is 3. The van der Waals surface area contributed by atoms with Crippen LogP contribution in [0, 0.1) is 6.20 Å². The first-order chi connectivity index (χ1) is 4.20. The average Bonchev–Trinajstić information content (AvgIpc) is 1.80. The molecule has 0 unspecified atom stereocenters. The molecule has 1 aromatic heterocycles. The summed E-state index contributed by atoms with van der Waals surface area (Å²) in [5.74, 6) is 0. The second-order valence-electron chi connectivity index (χ2n) is 1.35. The maximum Gasteiger partial charge on any atom is 0.148 e. The number of hydrogen-bond acceptors (Lipinski definition) is 1. The van der Waals surface area contributed by atoms with Gasteiger partial charge < -0.3 is 0 Å². The van der Waals surface area contributed by atoms with E-state index in [2.05, 4.69) is 11.2 Å². The SMILES string of the molecule is Clc1[c]nc(Cl)c(Cl)c1. The van der Waals surface area contributed by atoms with E-state index in [1.807, 2.05) is 0 Å². The lowest BCUT2D eigenvalue weighted by atomic mass is 10.5. The molecule has 0 spiro atoms. The van der Waals surface area contributed by atoms with Gasteiger partial charge in [0.25, 0.3) is 0 Å². The fourth-order valence-corrected chi connectivity index (χ4v) is 0.814. The van der Waals surface area contributed by atoms with Crippen LogP contribution < -0.4 is 0 Å². The van der Waals surface area contributed by atoms with Crippen LogP contribution >= 0.6 is 34.8 Å². The molecule has 4 heteroatoms. The van der Waals surface area contributed by atoms with Crippen molar-refractivity contribution in [3.05, 3.63) is 27.5 Å². The zero-order chi connectivity index (χ0) is 6.85. The highest BCUT2D eigenvalue weighted by molar-refractivity contribution is 6.42. The van der Waals surface area contributed by atoms with Gasteiger partial charge in [0.05, 0.1) is 10.0 Å². The Hall–Kier alpha value is 0.0200. The number of aromatic nitrogens is 1. The van der Waals surface area contributed by atoms with E-state index >= 15 is 0 Å². The molecule has 1 heterocycles. The average molecular weight is 181 g/mol. The molecule has 47 valence electrons. The van der Waals surface area contributed by atoms with Crippen molar-refractivity contribution in [2.24, 2.45) is 0 Å². The molecule has 0 saturated carbocycles. The van der Waals surface area contributed by atoms with Gasteiger partial charge in [0.2, 0.25) is 0 Å². The van der Waals surface area contributed by atoms with Crippen LogP contribution in [-0.4, -0.2) is 4.98 Å². The minimum absolute atomic E-state index is 0.223. The van der Waals surface area contributed by atoms with E-state index in [9.17, 15) is 0 Å². The molecule has 0 aliphatic rings. The summed E-state index contributed by atoms with van der Waals surface area (Å²) in [4.78, 5) is 3.55. The van der Waals surface area contributed by atoms with E-state index in [4.69, 9.17) is 34.8 Å². The van der Waals surface area contributed by atoms with Crippen molar-refractivity contribution in [3.8, 4) is 0 Å². The standard InChI is InChI=1S/C5HCl3N/c6-3-1-4(7)5(8)9-2-3/h1H. The smallest absolute Gasteiger partial charge is 0.148 e. The van der Waals surface area contributed by atoms with Crippen LogP contribution in [-0.2, 0) is 0 Å². The lowest BCUT2D eigenvalue weighted by Crippen LogP contribution is -1.75. The van der Waals surface area contributed by atoms with Crippen molar-refractivity contribution in [2.75, 3.05) is 0 Å². The first kappa shape index (κ1) is 7.13. The molecule has 0 aliphatic heterocycles. The van der Waals surface area contributed by atoms with E-state index in [1.54, 1.807) is 0 Å². The van der Waals surface area contributed by atoms with Gasteiger partial charge in [-0.25, -0.2) is 4.98 Å². The lowest BCUT2D eigenvalue weighted by Gasteiger charge is -1.90. The Labute approximate surface area is 67.6 Å². The Kier molecular flexibility index (Phi) is 2.17. The molecule has 0 fully saturated rings. The summed E-state index contributed by atoms with van der Waals surface area (Å²) < 4.78 is 0. The van der Waals surface area contributed by atoms with Gasteiger partial charge in [-0.2, -0.15) is 0 Å². The van der Waals surface area contributed by atoms with Gasteiger partial charge in [-0.1, -0.05) is 34.8 Å². The molecule has 0 bridgehead atoms. The Morgan fingerprint density at radius 2 is 2.00 bits per heavy atom. The van der Waals surface area contributed by atoms with Crippen LogP contribution in [0.5, 0.6) is 0 Å². The summed E-state index contributed by atoms with van der Waals surface area (Å²) in [6.45, 7) is 0. The zero-order valence-corrected chi connectivity index (χ0v) is 6.43. The second-order valence-corrected chi connectivity index (χ2v) is 2.53. The molecule has 0 aliphatic carbocycles. The summed E-state index contributed by atoms with van der Waals surface area (Å²) >= 11 is 16.4. The number of pyridine rings is 1. The molecular formula is C5HCl3N. The maximum absolute atomic E-state index is 5.52. The van der Waals surface area contributed by atoms with Crippen molar-refractivity contribution in [1.82, 2.24) is 4.98 Å². The fourth-order valence-electron chi connectivity index (χ4n) is 0.359. The Morgan fingerprint density at radius 3 is 2.44 bits per heavy atom. The number of rotatable bonds is 0. The molecule has 1 radical (unpaired) electrons. The third kappa shape index (κ3) is 1.71. The quantitative estimate of drug-likeness (QED) is 0.561. The molecule has 0 saturated heterocycles. The summed E-state index contributed by atoms with van der Waals surface area (Å²) in [6, 6.07) is 1.48. The van der Waals surface area contributed by atoms with Crippen LogP contribution in [0.2, 0.25) is 15.2 Å². The normalized spacial score (nSPS) is 9.67. The zero-order valence-electron chi connectivity index (χ0n) is 4.16. The maximum atomic E-state index is 5.52. The Bertz CT molecular complexity index is 223. The molecule has 1 nitrogen and oxygen atoms in total. The van der Waals surface area contributed by atoms with Gasteiger partial charge in [-0.3, -0.25) is 0 Å². The molecular weight excluding hydrogens is 180 g/mol. The summed E-state index contributed by atoms with van der Waals surface area (Å²) in [6.07, 6.45) is 2.44. The van der Waals surface area contributed by atoms with Gasteiger partial charge in [-0.15, -0.1) is 0 Å². The van der Waals surface area contributed by atoms with Crippen LogP contribution in [0.15, 0.2) is 6.07 Å². The molecule has 1 aromatic rings. The van der Waals surface area contributed by atoms with Gasteiger partial charge in [-0.05, 0) is 6.07 Å². The van der Waals surface area contributed by atoms with E-state index in [1.165, 1.54) is 6.07 Å². The highest BCUT2D eigenvalue weighted by atomic mass is 35.5. The van der Waals surface area contributed by atoms with Crippen molar-refractivity contribution < 1.29 is 0 Å². The number of nitrogens with zero attached hydrogens (tertiary/aromatic N) is 1. The van der Waals surface area contributed by atoms with Crippen molar-refractivity contribution in [3.63, 3.8) is 0 Å². The van der Waals surface area contributed by atoms with Crippen LogP contribution in [0.4, 0.5) is 0 Å². The Morgan fingerprint density at radius 1 is 1.33 bits per heavy atom. The third-order valence-corrected chi connectivity index (χ3v) is 1.58. The molecule has 0 atom stereocenters. The molecule has 0 aromatic carbocycles. The lowest BCUT2D eigenvalue weighted by molar-refractivity contribution is 1.31. The molecule has 9 heavy (non-hydrogen) atoms. The minimum atomic E-state index is 0.223. The third-order valence-electron chi connectivity index (χ3n) is 0.711. The summed E-state index contributed by atoms with van der Waals surface area (Å²) in [5.41, 5.74) is 0. The molecule has 0 N–H and O–H groups in total. The van der Waals surface area contributed by atoms with Crippen LogP contribution in [0.25, 0.3) is 0 Å². The summed E-state index contributed by atoms with van der Waals surface area (Å²) in [7, 11) is 0. The largest absolute Gasteiger partial charge is 0.231 e. The van der Waals surface area contributed by atoms with Crippen molar-refractivity contribution in [1.29, 1.82) is 0 Å². The number of hydrogen-bond donors (Lipinski definition) is 0. The predicted octanol–water partition coefficient (Wildman–Crippen LogP) is 2.84. The molecule has 1 rings (SSSR count). The topological polar surface area (TPSA) is 12.9 Å². The Balaban J connectivity index is 3.17. The van der Waals surface area contributed by atoms with Crippen LogP contribution in [0.1, 0.15) is 0 Å². The van der Waals surface area contributed by atoms with E-state index < -0.39 is 0 Å². The van der Waals surface area contributed by atoms with Crippen molar-refractivity contribution in [2.45, 2.75) is 0 Å². The van der Waals surface area contributed by atoms with E-state index in [-0.39, 0.29) is 5.15 Å². The van der Waals surface area contributed by atoms with E-state index in [0.717, 1.165) is 0 Å². The summed E-state index contributed by atoms with van der Waals surface area (Å²) in [5, 5.41) is 0.936. The van der Waals surface area contributed by atoms with Gasteiger partial charge in [0.1, 0.15) is 11.3 Å². The monoisotopic (exact) mass is 180 g/mol. The van der Waals surface area contributed by atoms with Gasteiger partial charge >= 0.3 is 0 Å². The first-order valence-electron chi connectivity index (χ1n) is 2.09. The van der Waals surface area contributed by atoms with Crippen molar-refractivity contribution >= 4 is 34.8 Å². The fraction of sp³-hybridized carbons (Fsp3) is 0. The van der Waals surface area contributed by atoms with Gasteiger partial charge in [0, 0.05) is 0 Å². The predicted molar refractivity (Wildman–Crippen MR) is 38.1 cm³/mol. The first-order valence-corrected chi connectivity index (χ1v) is 3.23. The minimum Gasteiger partial charge on any atom is -0.231 e.